The minimum Gasteiger partial charge on any atom is -0.386 e. The molecule has 0 saturated carbocycles. The van der Waals surface area contributed by atoms with Gasteiger partial charge in [0.25, 0.3) is 5.91 Å². The number of rotatable bonds is 5. The first-order valence-corrected chi connectivity index (χ1v) is 6.10. The molecule has 0 heterocycles. The minimum absolute atomic E-state index is 0.283. The molecule has 0 aliphatic carbocycles. The number of hydrogen-bond acceptors (Lipinski definition) is 3. The molecule has 2 aromatic rings. The van der Waals surface area contributed by atoms with E-state index in [1.54, 1.807) is 0 Å². The molecule has 0 spiro atoms. The van der Waals surface area contributed by atoms with Crippen molar-refractivity contribution in [2.45, 2.75) is 0 Å². The van der Waals surface area contributed by atoms with Crippen LogP contribution in [0, 0.1) is 11.6 Å². The second-order valence-electron chi connectivity index (χ2n) is 4.11. The van der Waals surface area contributed by atoms with Crippen LogP contribution in [0.15, 0.2) is 53.7 Å². The predicted octanol–water partition coefficient (Wildman–Crippen LogP) is 2.95. The Morgan fingerprint density at radius 2 is 1.62 bits per heavy atom. The fourth-order valence-corrected chi connectivity index (χ4v) is 1.47. The van der Waals surface area contributed by atoms with E-state index in [0.29, 0.717) is 11.3 Å². The second kappa shape index (κ2) is 7.14. The molecular formula is C15H12F2N2O2. The van der Waals surface area contributed by atoms with Crippen molar-refractivity contribution in [3.05, 3.63) is 65.7 Å². The van der Waals surface area contributed by atoms with Crippen LogP contribution in [0.25, 0.3) is 0 Å². The van der Waals surface area contributed by atoms with Gasteiger partial charge in [0.05, 0.1) is 6.21 Å². The van der Waals surface area contributed by atoms with E-state index in [-0.39, 0.29) is 18.2 Å². The third-order valence-electron chi connectivity index (χ3n) is 2.47. The number of benzene rings is 2. The number of hydrogen-bond donors (Lipinski definition) is 1. The Balaban J connectivity index is 1.76. The molecule has 1 N–H and O–H groups in total. The number of carbonyl (C=O) groups excluding carboxylic acids is 1. The van der Waals surface area contributed by atoms with Gasteiger partial charge in [0.2, 0.25) is 0 Å². The lowest BCUT2D eigenvalue weighted by atomic mass is 10.2. The highest BCUT2D eigenvalue weighted by molar-refractivity contribution is 5.91. The first kappa shape index (κ1) is 14.6. The van der Waals surface area contributed by atoms with Crippen LogP contribution in [0.3, 0.4) is 0 Å². The van der Waals surface area contributed by atoms with Gasteiger partial charge in [-0.3, -0.25) is 4.79 Å². The maximum Gasteiger partial charge on any atom is 0.265 e. The van der Waals surface area contributed by atoms with Crippen molar-refractivity contribution >= 4 is 17.8 Å². The molecule has 2 rings (SSSR count). The first-order chi connectivity index (χ1) is 10.1. The van der Waals surface area contributed by atoms with E-state index >= 15 is 0 Å². The highest BCUT2D eigenvalue weighted by Crippen LogP contribution is 2.07. The monoisotopic (exact) mass is 290 g/mol. The van der Waals surface area contributed by atoms with Crippen molar-refractivity contribution in [2.75, 3.05) is 11.9 Å². The molecule has 6 heteroatoms. The van der Waals surface area contributed by atoms with Gasteiger partial charge in [-0.15, -0.1) is 0 Å². The van der Waals surface area contributed by atoms with E-state index in [4.69, 9.17) is 4.84 Å². The molecule has 0 unspecified atom stereocenters. The summed E-state index contributed by atoms with van der Waals surface area (Å²) in [6.07, 6.45) is 1.37. The Labute approximate surface area is 120 Å². The lowest BCUT2D eigenvalue weighted by Gasteiger charge is -2.03. The number of halogens is 2. The fourth-order valence-electron chi connectivity index (χ4n) is 1.47. The molecule has 0 atom stereocenters. The van der Waals surface area contributed by atoms with Crippen molar-refractivity contribution in [3.63, 3.8) is 0 Å². The molecule has 108 valence electrons. The fraction of sp³-hybridized carbons (Fsp3) is 0.0667. The van der Waals surface area contributed by atoms with E-state index in [1.165, 1.54) is 54.7 Å². The van der Waals surface area contributed by atoms with Gasteiger partial charge in [0, 0.05) is 5.69 Å². The van der Waals surface area contributed by atoms with Crippen LogP contribution in [0.1, 0.15) is 5.56 Å². The van der Waals surface area contributed by atoms with Crippen LogP contribution in [0.2, 0.25) is 0 Å². The normalized spacial score (nSPS) is 10.6. The Morgan fingerprint density at radius 3 is 2.24 bits per heavy atom. The summed E-state index contributed by atoms with van der Waals surface area (Å²) in [5.41, 5.74) is 1.11. The quantitative estimate of drug-likeness (QED) is 0.680. The molecule has 2 aromatic carbocycles. The Morgan fingerprint density at radius 1 is 1.05 bits per heavy atom. The SMILES string of the molecule is O=C(CO/N=C/c1ccc(F)cc1)Nc1ccc(F)cc1. The van der Waals surface area contributed by atoms with Crippen molar-refractivity contribution in [1.29, 1.82) is 0 Å². The van der Waals surface area contributed by atoms with Gasteiger partial charge in [-0.05, 0) is 42.0 Å². The summed E-state index contributed by atoms with van der Waals surface area (Å²) in [6, 6.07) is 11.0. The molecule has 21 heavy (non-hydrogen) atoms. The number of carbonyl (C=O) groups is 1. The topological polar surface area (TPSA) is 50.7 Å². The van der Waals surface area contributed by atoms with E-state index < -0.39 is 5.91 Å². The van der Waals surface area contributed by atoms with Gasteiger partial charge in [-0.2, -0.15) is 0 Å². The lowest BCUT2D eigenvalue weighted by molar-refractivity contribution is -0.120. The summed E-state index contributed by atoms with van der Waals surface area (Å²) in [5.74, 6) is -1.14. The van der Waals surface area contributed by atoms with Crippen molar-refractivity contribution in [2.24, 2.45) is 5.16 Å². The maximum atomic E-state index is 12.7. The van der Waals surface area contributed by atoms with Gasteiger partial charge in [0.15, 0.2) is 6.61 Å². The zero-order chi connectivity index (χ0) is 15.1. The smallest absolute Gasteiger partial charge is 0.265 e. The van der Waals surface area contributed by atoms with E-state index in [0.717, 1.165) is 0 Å². The first-order valence-electron chi connectivity index (χ1n) is 6.10. The summed E-state index contributed by atoms with van der Waals surface area (Å²) < 4.78 is 25.3. The molecule has 0 aliphatic rings. The molecular weight excluding hydrogens is 278 g/mol. The van der Waals surface area contributed by atoms with Crippen LogP contribution in [0.4, 0.5) is 14.5 Å². The number of nitrogens with zero attached hydrogens (tertiary/aromatic N) is 1. The van der Waals surface area contributed by atoms with Crippen molar-refractivity contribution < 1.29 is 18.4 Å². The standard InChI is InChI=1S/C15H12F2N2O2/c16-12-3-1-11(2-4-12)9-18-21-10-15(20)19-14-7-5-13(17)6-8-14/h1-9H,10H2,(H,19,20)/b18-9+. The Bertz CT molecular complexity index is 625. The van der Waals surface area contributed by atoms with E-state index in [1.807, 2.05) is 0 Å². The lowest BCUT2D eigenvalue weighted by Crippen LogP contribution is -2.16. The van der Waals surface area contributed by atoms with Gasteiger partial charge >= 0.3 is 0 Å². The number of nitrogens with one attached hydrogen (secondary N) is 1. The van der Waals surface area contributed by atoms with Crippen LogP contribution < -0.4 is 5.32 Å². The average molecular weight is 290 g/mol. The number of oxime groups is 1. The van der Waals surface area contributed by atoms with E-state index in [2.05, 4.69) is 10.5 Å². The molecule has 4 nitrogen and oxygen atoms in total. The van der Waals surface area contributed by atoms with Crippen LogP contribution in [-0.2, 0) is 9.63 Å². The van der Waals surface area contributed by atoms with Crippen LogP contribution >= 0.6 is 0 Å². The van der Waals surface area contributed by atoms with Crippen LogP contribution in [0.5, 0.6) is 0 Å². The van der Waals surface area contributed by atoms with Gasteiger partial charge < -0.3 is 10.2 Å². The molecule has 0 fully saturated rings. The Kier molecular flexibility index (Phi) is 4.98. The average Bonchev–Trinajstić information content (AvgIpc) is 2.48. The van der Waals surface area contributed by atoms with E-state index in [9.17, 15) is 13.6 Å². The predicted molar refractivity (Wildman–Crippen MR) is 75.0 cm³/mol. The summed E-state index contributed by atoms with van der Waals surface area (Å²) >= 11 is 0. The summed E-state index contributed by atoms with van der Waals surface area (Å²) in [5, 5.41) is 6.12. The largest absolute Gasteiger partial charge is 0.386 e. The zero-order valence-corrected chi connectivity index (χ0v) is 10.9. The zero-order valence-electron chi connectivity index (χ0n) is 10.9. The second-order valence-corrected chi connectivity index (χ2v) is 4.11. The molecule has 1 amide bonds. The molecule has 0 bridgehead atoms. The van der Waals surface area contributed by atoms with Crippen molar-refractivity contribution in [1.82, 2.24) is 0 Å². The van der Waals surface area contributed by atoms with Gasteiger partial charge in [-0.25, -0.2) is 8.78 Å². The number of anilines is 1. The highest BCUT2D eigenvalue weighted by Gasteiger charge is 2.02. The highest BCUT2D eigenvalue weighted by atomic mass is 19.1. The third-order valence-corrected chi connectivity index (χ3v) is 2.47. The Hall–Kier alpha value is -2.76. The number of amides is 1. The summed E-state index contributed by atoms with van der Waals surface area (Å²) in [4.78, 5) is 16.3. The molecule has 0 aliphatic heterocycles. The van der Waals surface area contributed by atoms with Crippen LogP contribution in [-0.4, -0.2) is 18.7 Å². The molecule has 0 aromatic heterocycles. The molecule has 0 radical (unpaired) electrons. The maximum absolute atomic E-state index is 12.7. The summed E-state index contributed by atoms with van der Waals surface area (Å²) in [6.45, 7) is -0.283. The van der Waals surface area contributed by atoms with Gasteiger partial charge in [-0.1, -0.05) is 17.3 Å². The third kappa shape index (κ3) is 5.02. The van der Waals surface area contributed by atoms with Gasteiger partial charge in [0.1, 0.15) is 11.6 Å². The molecule has 0 saturated heterocycles. The minimum atomic E-state index is -0.419. The van der Waals surface area contributed by atoms with Crippen molar-refractivity contribution in [3.8, 4) is 0 Å². The summed E-state index contributed by atoms with van der Waals surface area (Å²) in [7, 11) is 0.